The molecule has 1 saturated heterocycles. The lowest BCUT2D eigenvalue weighted by molar-refractivity contribution is -0.135. The SMILES string of the molecule is CCCC1NC(=O)C(C(C)C)N(c2ccccc2C)C1=O. The van der Waals surface area contributed by atoms with E-state index in [-0.39, 0.29) is 17.7 Å². The maximum absolute atomic E-state index is 12.8. The summed E-state index contributed by atoms with van der Waals surface area (Å²) in [6.45, 7) is 7.94. The molecule has 0 bridgehead atoms. The van der Waals surface area contributed by atoms with Gasteiger partial charge in [0.2, 0.25) is 11.8 Å². The molecule has 4 nitrogen and oxygen atoms in total. The molecule has 1 aromatic rings. The van der Waals surface area contributed by atoms with Crippen LogP contribution in [0.15, 0.2) is 24.3 Å². The van der Waals surface area contributed by atoms with Crippen LogP contribution in [0.3, 0.4) is 0 Å². The molecule has 0 radical (unpaired) electrons. The summed E-state index contributed by atoms with van der Waals surface area (Å²) in [5.74, 6) is 0.0203. The smallest absolute Gasteiger partial charge is 0.250 e. The maximum atomic E-state index is 12.8. The van der Waals surface area contributed by atoms with E-state index in [1.807, 2.05) is 52.0 Å². The Morgan fingerprint density at radius 2 is 1.90 bits per heavy atom. The van der Waals surface area contributed by atoms with E-state index < -0.39 is 12.1 Å². The summed E-state index contributed by atoms with van der Waals surface area (Å²) in [4.78, 5) is 27.0. The zero-order valence-corrected chi connectivity index (χ0v) is 13.2. The summed E-state index contributed by atoms with van der Waals surface area (Å²) < 4.78 is 0. The molecule has 114 valence electrons. The minimum Gasteiger partial charge on any atom is -0.342 e. The second-order valence-electron chi connectivity index (χ2n) is 6.03. The van der Waals surface area contributed by atoms with Crippen LogP contribution in [0.5, 0.6) is 0 Å². The fourth-order valence-electron chi connectivity index (χ4n) is 2.93. The van der Waals surface area contributed by atoms with Gasteiger partial charge in [-0.25, -0.2) is 0 Å². The quantitative estimate of drug-likeness (QED) is 0.926. The van der Waals surface area contributed by atoms with Gasteiger partial charge in [-0.1, -0.05) is 45.4 Å². The lowest BCUT2D eigenvalue weighted by Crippen LogP contribution is -2.65. The number of para-hydroxylation sites is 1. The van der Waals surface area contributed by atoms with Gasteiger partial charge in [-0.2, -0.15) is 0 Å². The molecular weight excluding hydrogens is 264 g/mol. The molecule has 1 N–H and O–H groups in total. The van der Waals surface area contributed by atoms with Crippen LogP contribution >= 0.6 is 0 Å². The van der Waals surface area contributed by atoms with Crippen molar-refractivity contribution in [1.29, 1.82) is 0 Å². The van der Waals surface area contributed by atoms with Crippen LogP contribution in [-0.2, 0) is 9.59 Å². The maximum Gasteiger partial charge on any atom is 0.250 e. The molecule has 0 aliphatic carbocycles. The summed E-state index contributed by atoms with van der Waals surface area (Å²) in [6, 6.07) is 6.91. The van der Waals surface area contributed by atoms with Crippen molar-refractivity contribution in [3.63, 3.8) is 0 Å². The molecule has 0 saturated carbocycles. The van der Waals surface area contributed by atoms with Gasteiger partial charge in [0.15, 0.2) is 0 Å². The second-order valence-corrected chi connectivity index (χ2v) is 6.03. The number of carbonyl (C=O) groups excluding carboxylic acids is 2. The fourth-order valence-corrected chi connectivity index (χ4v) is 2.93. The number of anilines is 1. The molecule has 2 unspecified atom stereocenters. The van der Waals surface area contributed by atoms with Crippen molar-refractivity contribution in [2.24, 2.45) is 5.92 Å². The lowest BCUT2D eigenvalue weighted by Gasteiger charge is -2.41. The highest BCUT2D eigenvalue weighted by Crippen LogP contribution is 2.28. The number of aryl methyl sites for hydroxylation is 1. The highest BCUT2D eigenvalue weighted by molar-refractivity contribution is 6.08. The second kappa shape index (κ2) is 6.29. The Morgan fingerprint density at radius 1 is 1.24 bits per heavy atom. The largest absolute Gasteiger partial charge is 0.342 e. The Balaban J connectivity index is 2.46. The van der Waals surface area contributed by atoms with Gasteiger partial charge in [-0.15, -0.1) is 0 Å². The van der Waals surface area contributed by atoms with Gasteiger partial charge in [-0.3, -0.25) is 14.5 Å². The van der Waals surface area contributed by atoms with Gasteiger partial charge in [0.1, 0.15) is 12.1 Å². The van der Waals surface area contributed by atoms with Crippen LogP contribution in [-0.4, -0.2) is 23.9 Å². The molecular formula is C17H24N2O2. The van der Waals surface area contributed by atoms with Crippen molar-refractivity contribution in [2.45, 2.75) is 52.6 Å². The van der Waals surface area contributed by atoms with Crippen LogP contribution < -0.4 is 10.2 Å². The third-order valence-electron chi connectivity index (χ3n) is 3.98. The first kappa shape index (κ1) is 15.5. The van der Waals surface area contributed by atoms with Gasteiger partial charge >= 0.3 is 0 Å². The van der Waals surface area contributed by atoms with E-state index >= 15 is 0 Å². The zero-order chi connectivity index (χ0) is 15.6. The zero-order valence-electron chi connectivity index (χ0n) is 13.2. The summed E-state index contributed by atoms with van der Waals surface area (Å²) in [5, 5.41) is 2.89. The molecule has 2 rings (SSSR count). The third kappa shape index (κ3) is 2.94. The van der Waals surface area contributed by atoms with Crippen molar-refractivity contribution >= 4 is 17.5 Å². The number of nitrogens with zero attached hydrogens (tertiary/aromatic N) is 1. The number of hydrogen-bond donors (Lipinski definition) is 1. The van der Waals surface area contributed by atoms with E-state index in [1.165, 1.54) is 0 Å². The molecule has 1 fully saturated rings. The molecule has 2 amide bonds. The van der Waals surface area contributed by atoms with Crippen molar-refractivity contribution in [3.8, 4) is 0 Å². The highest BCUT2D eigenvalue weighted by Gasteiger charge is 2.42. The number of carbonyl (C=O) groups is 2. The topological polar surface area (TPSA) is 49.4 Å². The molecule has 1 heterocycles. The first-order valence-electron chi connectivity index (χ1n) is 7.66. The molecule has 2 atom stereocenters. The Labute approximate surface area is 126 Å². The minimum atomic E-state index is -0.438. The van der Waals surface area contributed by atoms with Crippen LogP contribution in [0.4, 0.5) is 5.69 Å². The van der Waals surface area contributed by atoms with Gasteiger partial charge in [0.05, 0.1) is 0 Å². The fraction of sp³-hybridized carbons (Fsp3) is 0.529. The lowest BCUT2D eigenvalue weighted by atomic mass is 9.94. The number of nitrogens with one attached hydrogen (secondary N) is 1. The Morgan fingerprint density at radius 3 is 2.48 bits per heavy atom. The molecule has 0 aromatic heterocycles. The first-order valence-corrected chi connectivity index (χ1v) is 7.66. The number of benzene rings is 1. The van der Waals surface area contributed by atoms with Gasteiger partial charge < -0.3 is 5.32 Å². The number of rotatable bonds is 4. The van der Waals surface area contributed by atoms with Crippen LogP contribution in [0.2, 0.25) is 0 Å². The van der Waals surface area contributed by atoms with Crippen LogP contribution in [0, 0.1) is 12.8 Å². The monoisotopic (exact) mass is 288 g/mol. The van der Waals surface area contributed by atoms with E-state index in [9.17, 15) is 9.59 Å². The van der Waals surface area contributed by atoms with E-state index in [0.29, 0.717) is 6.42 Å². The predicted octanol–water partition coefficient (Wildman–Crippen LogP) is 2.65. The van der Waals surface area contributed by atoms with Gasteiger partial charge in [0, 0.05) is 5.69 Å². The van der Waals surface area contributed by atoms with Crippen molar-refractivity contribution in [2.75, 3.05) is 4.90 Å². The van der Waals surface area contributed by atoms with E-state index in [1.54, 1.807) is 4.90 Å². The van der Waals surface area contributed by atoms with E-state index in [2.05, 4.69) is 5.32 Å². The third-order valence-corrected chi connectivity index (χ3v) is 3.98. The molecule has 1 aromatic carbocycles. The summed E-state index contributed by atoms with van der Waals surface area (Å²) >= 11 is 0. The summed E-state index contributed by atoms with van der Waals surface area (Å²) in [6.07, 6.45) is 1.54. The molecule has 21 heavy (non-hydrogen) atoms. The molecule has 4 heteroatoms. The molecule has 1 aliphatic heterocycles. The van der Waals surface area contributed by atoms with E-state index in [0.717, 1.165) is 17.7 Å². The number of amides is 2. The highest BCUT2D eigenvalue weighted by atomic mass is 16.2. The standard InChI is InChI=1S/C17H24N2O2/c1-5-8-13-17(21)19(14-10-7-6-9-12(14)4)15(11(2)3)16(20)18-13/h6-7,9-11,13,15H,5,8H2,1-4H3,(H,18,20). The molecule has 0 spiro atoms. The normalized spacial score (nSPS) is 22.6. The van der Waals surface area contributed by atoms with Crippen molar-refractivity contribution < 1.29 is 9.59 Å². The minimum absolute atomic E-state index is 0.00412. The van der Waals surface area contributed by atoms with Crippen LogP contribution in [0.1, 0.15) is 39.2 Å². The van der Waals surface area contributed by atoms with Crippen molar-refractivity contribution in [3.05, 3.63) is 29.8 Å². The Kier molecular flexibility index (Phi) is 4.66. The first-order chi connectivity index (χ1) is 9.97. The van der Waals surface area contributed by atoms with Crippen molar-refractivity contribution in [1.82, 2.24) is 5.32 Å². The van der Waals surface area contributed by atoms with Crippen LogP contribution in [0.25, 0.3) is 0 Å². The average molecular weight is 288 g/mol. The number of piperazine rings is 1. The Hall–Kier alpha value is -1.84. The van der Waals surface area contributed by atoms with E-state index in [4.69, 9.17) is 0 Å². The summed E-state index contributed by atoms with van der Waals surface area (Å²) in [7, 11) is 0. The number of hydrogen-bond acceptors (Lipinski definition) is 2. The predicted molar refractivity (Wildman–Crippen MR) is 84.1 cm³/mol. The molecule has 1 aliphatic rings. The average Bonchev–Trinajstić information content (AvgIpc) is 2.43. The Bertz CT molecular complexity index is 539. The summed E-state index contributed by atoms with van der Waals surface area (Å²) in [5.41, 5.74) is 1.86. The van der Waals surface area contributed by atoms with Gasteiger partial charge in [0.25, 0.3) is 0 Å². The van der Waals surface area contributed by atoms with Gasteiger partial charge in [-0.05, 0) is 30.9 Å².